The largest absolute Gasteiger partial charge is 0.494 e. The van der Waals surface area contributed by atoms with Gasteiger partial charge in [-0.2, -0.15) is 5.10 Å². The predicted octanol–water partition coefficient (Wildman–Crippen LogP) is 9.08. The smallest absolute Gasteiger partial charge is 0.336 e. The van der Waals surface area contributed by atoms with Gasteiger partial charge in [-0.1, -0.05) is 42.3 Å². The molecule has 0 aliphatic carbocycles. The zero-order chi connectivity index (χ0) is 36.5. The monoisotopic (exact) mass is 725 g/mol. The van der Waals surface area contributed by atoms with E-state index >= 15 is 4.79 Å². The van der Waals surface area contributed by atoms with E-state index in [4.69, 9.17) is 33.0 Å². The SMILES string of the molecule is CC[C@@]1(c2c(C)nn(C)c2C)Cn2c(c(CCCOc3cc(C)c(Cl)c(C)c3)c3ccc(Cl)cc32)C(=O)N1c1cc2c(C(=O)O)cccc2n1C. The van der Waals surface area contributed by atoms with Crippen molar-refractivity contribution in [3.63, 3.8) is 0 Å². The fourth-order valence-corrected chi connectivity index (χ4v) is 8.55. The molecule has 0 unspecified atom stereocenters. The Kier molecular flexibility index (Phi) is 8.71. The summed E-state index contributed by atoms with van der Waals surface area (Å²) in [6.07, 6.45) is 1.83. The molecule has 3 aromatic carbocycles. The summed E-state index contributed by atoms with van der Waals surface area (Å²) in [5.74, 6) is 0.193. The highest BCUT2D eigenvalue weighted by Crippen LogP contribution is 2.48. The van der Waals surface area contributed by atoms with Crippen LogP contribution in [0.5, 0.6) is 5.75 Å². The number of carboxylic acid groups (broad SMARTS) is 1. The molecule has 1 aliphatic heterocycles. The van der Waals surface area contributed by atoms with E-state index in [2.05, 4.69) is 11.5 Å². The van der Waals surface area contributed by atoms with Crippen molar-refractivity contribution in [2.45, 2.75) is 66.0 Å². The van der Waals surface area contributed by atoms with Crippen LogP contribution in [0.15, 0.2) is 54.6 Å². The quantitative estimate of drug-likeness (QED) is 0.150. The van der Waals surface area contributed by atoms with E-state index in [0.717, 1.165) is 60.8 Å². The highest BCUT2D eigenvalue weighted by Gasteiger charge is 2.51. The van der Waals surface area contributed by atoms with Crippen LogP contribution in [0.4, 0.5) is 5.82 Å². The topological polar surface area (TPSA) is 94.5 Å². The molecule has 9 nitrogen and oxygen atoms in total. The Balaban J connectivity index is 1.41. The van der Waals surface area contributed by atoms with Crippen molar-refractivity contribution in [1.82, 2.24) is 18.9 Å². The number of aromatic carboxylic acids is 1. The summed E-state index contributed by atoms with van der Waals surface area (Å²) in [5.41, 5.74) is 7.16. The second-order valence-electron chi connectivity index (χ2n) is 13.7. The highest BCUT2D eigenvalue weighted by atomic mass is 35.5. The number of nitrogens with zero attached hydrogens (tertiary/aromatic N) is 5. The van der Waals surface area contributed by atoms with Gasteiger partial charge in [0.25, 0.3) is 5.91 Å². The molecule has 3 aromatic heterocycles. The molecule has 0 saturated heterocycles. The van der Waals surface area contributed by atoms with Gasteiger partial charge in [0.1, 0.15) is 17.3 Å². The van der Waals surface area contributed by atoms with Crippen LogP contribution in [0, 0.1) is 27.7 Å². The molecule has 0 fully saturated rings. The van der Waals surface area contributed by atoms with Crippen LogP contribution in [0.3, 0.4) is 0 Å². The van der Waals surface area contributed by atoms with Gasteiger partial charge >= 0.3 is 5.97 Å². The van der Waals surface area contributed by atoms with E-state index in [1.165, 1.54) is 0 Å². The van der Waals surface area contributed by atoms with E-state index in [-0.39, 0.29) is 11.5 Å². The van der Waals surface area contributed by atoms with Gasteiger partial charge in [0, 0.05) is 46.2 Å². The summed E-state index contributed by atoms with van der Waals surface area (Å²) < 4.78 is 12.1. The Labute approximate surface area is 306 Å². The number of anilines is 1. The number of hydrogen-bond donors (Lipinski definition) is 1. The predicted molar refractivity (Wildman–Crippen MR) is 203 cm³/mol. The third-order valence-corrected chi connectivity index (χ3v) is 11.5. The lowest BCUT2D eigenvalue weighted by Crippen LogP contribution is -2.57. The molecule has 1 amide bonds. The molecule has 264 valence electrons. The number of ether oxygens (including phenoxy) is 1. The van der Waals surface area contributed by atoms with Crippen molar-refractivity contribution < 1.29 is 19.4 Å². The molecule has 11 heteroatoms. The molecular weight excluding hydrogens is 685 g/mol. The zero-order valence-corrected chi connectivity index (χ0v) is 31.4. The van der Waals surface area contributed by atoms with Crippen LogP contribution in [-0.4, -0.2) is 42.5 Å². The van der Waals surface area contributed by atoms with Gasteiger partial charge in [0.2, 0.25) is 0 Å². The summed E-state index contributed by atoms with van der Waals surface area (Å²) in [6.45, 7) is 10.9. The van der Waals surface area contributed by atoms with Crippen LogP contribution in [0.25, 0.3) is 21.8 Å². The second-order valence-corrected chi connectivity index (χ2v) is 14.5. The molecular formula is C40H41Cl2N5O4. The molecule has 6 aromatic rings. The minimum Gasteiger partial charge on any atom is -0.494 e. The normalized spacial score (nSPS) is 16.0. The van der Waals surface area contributed by atoms with E-state index in [0.29, 0.717) is 54.3 Å². The van der Waals surface area contributed by atoms with Crippen LogP contribution in [0.1, 0.15) is 74.3 Å². The lowest BCUT2D eigenvalue weighted by molar-refractivity contribution is 0.0698. The lowest BCUT2D eigenvalue weighted by atomic mass is 9.81. The number of carboxylic acids is 1. The molecule has 0 bridgehead atoms. The Morgan fingerprint density at radius 3 is 2.35 bits per heavy atom. The second kappa shape index (κ2) is 12.8. The maximum Gasteiger partial charge on any atom is 0.336 e. The summed E-state index contributed by atoms with van der Waals surface area (Å²) >= 11 is 13.0. The van der Waals surface area contributed by atoms with E-state index in [1.807, 2.05) is 98.4 Å². The van der Waals surface area contributed by atoms with Crippen molar-refractivity contribution in [3.8, 4) is 5.75 Å². The molecule has 0 radical (unpaired) electrons. The summed E-state index contributed by atoms with van der Waals surface area (Å²) in [6, 6.07) is 16.8. The summed E-state index contributed by atoms with van der Waals surface area (Å²) in [7, 11) is 3.81. The number of amides is 1. The van der Waals surface area contributed by atoms with Crippen molar-refractivity contribution in [3.05, 3.63) is 110 Å². The first-order chi connectivity index (χ1) is 24.3. The van der Waals surface area contributed by atoms with Gasteiger partial charge in [0.05, 0.1) is 41.0 Å². The van der Waals surface area contributed by atoms with Gasteiger partial charge in [-0.3, -0.25) is 14.4 Å². The fourth-order valence-electron chi connectivity index (χ4n) is 8.27. The van der Waals surface area contributed by atoms with Gasteiger partial charge in [-0.15, -0.1) is 0 Å². The van der Waals surface area contributed by atoms with Gasteiger partial charge in [0.15, 0.2) is 0 Å². The number of carbonyl (C=O) groups is 2. The first kappa shape index (κ1) is 34.7. The molecule has 51 heavy (non-hydrogen) atoms. The third-order valence-electron chi connectivity index (χ3n) is 10.7. The van der Waals surface area contributed by atoms with Crippen LogP contribution in [0.2, 0.25) is 10.0 Å². The number of aryl methyl sites for hydroxylation is 6. The Morgan fingerprint density at radius 2 is 1.71 bits per heavy atom. The summed E-state index contributed by atoms with van der Waals surface area (Å²) in [4.78, 5) is 29.8. The van der Waals surface area contributed by atoms with Crippen molar-refractivity contribution >= 4 is 62.7 Å². The Hall–Kier alpha value is -4.73. The number of carbonyl (C=O) groups excluding carboxylic acids is 1. The van der Waals surface area contributed by atoms with Crippen LogP contribution < -0.4 is 9.64 Å². The van der Waals surface area contributed by atoms with E-state index in [9.17, 15) is 9.90 Å². The van der Waals surface area contributed by atoms with Gasteiger partial charge in [-0.25, -0.2) is 4.79 Å². The molecule has 7 rings (SSSR count). The zero-order valence-electron chi connectivity index (χ0n) is 29.9. The maximum absolute atomic E-state index is 15.6. The number of rotatable bonds is 9. The average Bonchev–Trinajstić information content (AvgIpc) is 3.68. The summed E-state index contributed by atoms with van der Waals surface area (Å²) in [5, 5.41) is 17.8. The minimum atomic E-state index is -1.02. The highest BCUT2D eigenvalue weighted by molar-refractivity contribution is 6.32. The van der Waals surface area contributed by atoms with Crippen LogP contribution >= 0.6 is 23.2 Å². The van der Waals surface area contributed by atoms with Crippen LogP contribution in [-0.2, 0) is 32.6 Å². The first-order valence-electron chi connectivity index (χ1n) is 17.2. The van der Waals surface area contributed by atoms with E-state index < -0.39 is 11.5 Å². The molecule has 1 N–H and O–H groups in total. The molecule has 0 spiro atoms. The Bertz CT molecular complexity index is 2380. The average molecular weight is 727 g/mol. The third kappa shape index (κ3) is 5.40. The van der Waals surface area contributed by atoms with Gasteiger partial charge < -0.3 is 19.0 Å². The van der Waals surface area contributed by atoms with Crippen molar-refractivity contribution in [1.29, 1.82) is 0 Å². The maximum atomic E-state index is 15.6. The van der Waals surface area contributed by atoms with Crippen molar-refractivity contribution in [2.24, 2.45) is 14.1 Å². The number of benzene rings is 3. The lowest BCUT2D eigenvalue weighted by Gasteiger charge is -2.48. The molecule has 4 heterocycles. The molecule has 1 atom stereocenters. The fraction of sp³-hybridized carbons (Fsp3) is 0.325. The van der Waals surface area contributed by atoms with Gasteiger partial charge in [-0.05, 0) is 106 Å². The Morgan fingerprint density at radius 1 is 0.980 bits per heavy atom. The minimum absolute atomic E-state index is 0.166. The van der Waals surface area contributed by atoms with Crippen molar-refractivity contribution in [2.75, 3.05) is 11.5 Å². The standard InChI is InChI=1S/C40H41Cl2N5O4/c1-8-40(35-24(4)43-45(7)25(35)5)21-46-33-19-26(41)14-15-28(33)29(12-10-16-51-27-17-22(2)36(42)23(3)18-27)37(46)38(48)47(40)34-20-31-30(39(49)50)11-9-13-32(31)44(34)6/h9,11,13-15,17-20H,8,10,12,16,21H2,1-7H3,(H,49,50)/t40-/m0/s1. The molecule has 1 aliphatic rings. The number of halogens is 2. The molecule has 0 saturated carbocycles. The number of aromatic nitrogens is 4. The number of hydrogen-bond acceptors (Lipinski definition) is 4. The first-order valence-corrected chi connectivity index (χ1v) is 17.9. The van der Waals surface area contributed by atoms with E-state index in [1.54, 1.807) is 12.1 Å². The number of fused-ring (bicyclic) bond motifs is 4.